The van der Waals surface area contributed by atoms with E-state index in [9.17, 15) is 0 Å². The van der Waals surface area contributed by atoms with Crippen molar-refractivity contribution >= 4 is 8.60 Å². The highest BCUT2D eigenvalue weighted by Crippen LogP contribution is 2.25. The summed E-state index contributed by atoms with van der Waals surface area (Å²) in [4.78, 5) is 16.2. The molecule has 3 nitrogen and oxygen atoms in total. The van der Waals surface area contributed by atoms with Gasteiger partial charge in [0.05, 0.1) is 6.10 Å². The smallest absolute Gasteiger partial charge is 0.327 e. The van der Waals surface area contributed by atoms with Crippen molar-refractivity contribution in [1.82, 2.24) is 0 Å². The van der Waals surface area contributed by atoms with E-state index in [2.05, 4.69) is 53.1 Å². The lowest BCUT2D eigenvalue weighted by Crippen LogP contribution is -1.95. The minimum absolute atomic E-state index is 0.0962. The van der Waals surface area contributed by atoms with Gasteiger partial charge in [0.15, 0.2) is 0 Å². The van der Waals surface area contributed by atoms with Crippen LogP contribution in [0.15, 0.2) is 60.7 Å². The molecule has 0 aromatic heterocycles. The van der Waals surface area contributed by atoms with E-state index < -0.39 is 8.60 Å². The van der Waals surface area contributed by atoms with Gasteiger partial charge < -0.3 is 14.3 Å². The zero-order valence-electron chi connectivity index (χ0n) is 11.1. The zero-order valence-corrected chi connectivity index (χ0v) is 12.0. The first-order chi connectivity index (χ1) is 9.09. The highest BCUT2D eigenvalue weighted by atomic mass is 31.2. The molecule has 0 atom stereocenters. The molecule has 102 valence electrons. The van der Waals surface area contributed by atoms with E-state index in [1.54, 1.807) is 13.8 Å². The van der Waals surface area contributed by atoms with Crippen LogP contribution < -0.4 is 0 Å². The van der Waals surface area contributed by atoms with Crippen molar-refractivity contribution in [3.63, 3.8) is 0 Å². The largest absolute Gasteiger partial charge is 0.328 e. The van der Waals surface area contributed by atoms with Crippen LogP contribution in [0, 0.1) is 0 Å². The van der Waals surface area contributed by atoms with E-state index >= 15 is 0 Å². The maximum absolute atomic E-state index is 8.12. The molecule has 0 saturated carbocycles. The molecule has 0 bridgehead atoms. The second-order valence-electron chi connectivity index (χ2n) is 4.14. The summed E-state index contributed by atoms with van der Waals surface area (Å²) in [5.41, 5.74) is 2.55. The van der Waals surface area contributed by atoms with E-state index in [4.69, 9.17) is 9.79 Å². The van der Waals surface area contributed by atoms with Crippen LogP contribution in [0.5, 0.6) is 0 Å². The van der Waals surface area contributed by atoms with Gasteiger partial charge >= 0.3 is 8.60 Å². The molecule has 0 aliphatic carbocycles. The Balaban J connectivity index is 0.000000224. The van der Waals surface area contributed by atoms with Crippen LogP contribution in [0.4, 0.5) is 0 Å². The molecule has 2 rings (SSSR count). The Morgan fingerprint density at radius 2 is 1.16 bits per heavy atom. The molecule has 0 radical (unpaired) electrons. The van der Waals surface area contributed by atoms with Gasteiger partial charge in [0, 0.05) is 0 Å². The summed E-state index contributed by atoms with van der Waals surface area (Å²) in [5.74, 6) is 0. The molecule has 19 heavy (non-hydrogen) atoms. The van der Waals surface area contributed by atoms with E-state index in [-0.39, 0.29) is 6.10 Å². The van der Waals surface area contributed by atoms with Gasteiger partial charge in [0.25, 0.3) is 0 Å². The maximum atomic E-state index is 8.12. The standard InChI is InChI=1S/C12H10.C3H9O3P/c1-3-7-11(8-4-1)12-9-5-2-6-10-12;1-3(2)6-7(4)5/h1-10H;3-5H,1-2H3. The summed E-state index contributed by atoms with van der Waals surface area (Å²) in [6, 6.07) is 20.8. The third-order valence-corrected chi connectivity index (χ3v) is 2.80. The van der Waals surface area contributed by atoms with Gasteiger partial charge in [0.1, 0.15) is 0 Å². The average Bonchev–Trinajstić information content (AvgIpc) is 2.40. The summed E-state index contributed by atoms with van der Waals surface area (Å²) in [7, 11) is -2.14. The second-order valence-corrected chi connectivity index (χ2v) is 4.86. The van der Waals surface area contributed by atoms with E-state index in [1.807, 2.05) is 12.1 Å². The molecule has 2 aromatic carbocycles. The first-order valence-electron chi connectivity index (χ1n) is 6.04. The molecule has 0 aliphatic heterocycles. The molecule has 2 aromatic rings. The van der Waals surface area contributed by atoms with Gasteiger partial charge in [-0.1, -0.05) is 60.7 Å². The molecule has 0 aliphatic rings. The lowest BCUT2D eigenvalue weighted by Gasteiger charge is -2.04. The lowest BCUT2D eigenvalue weighted by atomic mass is 10.1. The van der Waals surface area contributed by atoms with Crippen LogP contribution in [0.1, 0.15) is 13.8 Å². The Labute approximate surface area is 115 Å². The van der Waals surface area contributed by atoms with Crippen molar-refractivity contribution in [1.29, 1.82) is 0 Å². The number of benzene rings is 2. The third kappa shape index (κ3) is 7.04. The van der Waals surface area contributed by atoms with Gasteiger partial charge in [-0.2, -0.15) is 0 Å². The SMILES string of the molecule is CC(C)OP(O)O.c1ccc(-c2ccccc2)cc1. The van der Waals surface area contributed by atoms with Crippen LogP contribution in [0.25, 0.3) is 11.1 Å². The molecular weight excluding hydrogens is 259 g/mol. The van der Waals surface area contributed by atoms with E-state index in [0.29, 0.717) is 0 Å². The van der Waals surface area contributed by atoms with Crippen LogP contribution >= 0.6 is 8.60 Å². The van der Waals surface area contributed by atoms with Gasteiger partial charge in [-0.05, 0) is 25.0 Å². The molecular formula is C15H19O3P. The van der Waals surface area contributed by atoms with Crippen LogP contribution in [0.3, 0.4) is 0 Å². The number of hydrogen-bond acceptors (Lipinski definition) is 3. The Morgan fingerprint density at radius 1 is 0.789 bits per heavy atom. The monoisotopic (exact) mass is 278 g/mol. The molecule has 2 N–H and O–H groups in total. The summed E-state index contributed by atoms with van der Waals surface area (Å²) in [5, 5.41) is 0. The van der Waals surface area contributed by atoms with Gasteiger partial charge in [-0.15, -0.1) is 0 Å². The number of hydrogen-bond donors (Lipinski definition) is 2. The van der Waals surface area contributed by atoms with Crippen LogP contribution in [-0.2, 0) is 4.52 Å². The first kappa shape index (κ1) is 15.8. The van der Waals surface area contributed by atoms with Gasteiger partial charge in [-0.25, -0.2) is 0 Å². The molecule has 0 amide bonds. The predicted molar refractivity (Wildman–Crippen MR) is 79.5 cm³/mol. The van der Waals surface area contributed by atoms with Crippen molar-refractivity contribution in [3.05, 3.63) is 60.7 Å². The lowest BCUT2D eigenvalue weighted by molar-refractivity contribution is 0.201. The van der Waals surface area contributed by atoms with Crippen molar-refractivity contribution in [2.45, 2.75) is 20.0 Å². The number of rotatable bonds is 3. The molecule has 0 spiro atoms. The Morgan fingerprint density at radius 3 is 1.37 bits per heavy atom. The minimum atomic E-state index is -2.14. The quantitative estimate of drug-likeness (QED) is 0.835. The third-order valence-electron chi connectivity index (χ3n) is 2.19. The normalized spacial score (nSPS) is 10.2. The topological polar surface area (TPSA) is 49.7 Å². The van der Waals surface area contributed by atoms with Crippen molar-refractivity contribution in [2.24, 2.45) is 0 Å². The summed E-state index contributed by atoms with van der Waals surface area (Å²) >= 11 is 0. The van der Waals surface area contributed by atoms with E-state index in [0.717, 1.165) is 0 Å². The van der Waals surface area contributed by atoms with Crippen LogP contribution in [0.2, 0.25) is 0 Å². The highest BCUT2D eigenvalue weighted by Gasteiger charge is 2.00. The molecule has 0 saturated heterocycles. The van der Waals surface area contributed by atoms with Crippen molar-refractivity contribution < 1.29 is 14.3 Å². The van der Waals surface area contributed by atoms with E-state index in [1.165, 1.54) is 11.1 Å². The molecule has 4 heteroatoms. The van der Waals surface area contributed by atoms with Crippen molar-refractivity contribution in [2.75, 3.05) is 0 Å². The predicted octanol–water partition coefficient (Wildman–Crippen LogP) is 3.98. The fourth-order valence-corrected chi connectivity index (χ4v) is 1.83. The van der Waals surface area contributed by atoms with Crippen LogP contribution in [-0.4, -0.2) is 15.9 Å². The minimum Gasteiger partial charge on any atom is -0.328 e. The average molecular weight is 278 g/mol. The Bertz CT molecular complexity index is 400. The summed E-state index contributed by atoms with van der Waals surface area (Å²) in [6.07, 6.45) is -0.0962. The fraction of sp³-hybridized carbons (Fsp3) is 0.200. The zero-order chi connectivity index (χ0) is 14.1. The Hall–Kier alpha value is -1.25. The summed E-state index contributed by atoms with van der Waals surface area (Å²) in [6.45, 7) is 3.48. The molecule has 0 heterocycles. The Kier molecular flexibility index (Phi) is 7.31. The summed E-state index contributed by atoms with van der Waals surface area (Å²) < 4.78 is 4.43. The van der Waals surface area contributed by atoms with Crippen molar-refractivity contribution in [3.8, 4) is 11.1 Å². The first-order valence-corrected chi connectivity index (χ1v) is 7.21. The van der Waals surface area contributed by atoms with Gasteiger partial charge in [0.2, 0.25) is 0 Å². The molecule has 0 unspecified atom stereocenters. The second kappa shape index (κ2) is 8.78. The maximum Gasteiger partial charge on any atom is 0.327 e. The highest BCUT2D eigenvalue weighted by molar-refractivity contribution is 7.39. The fourth-order valence-electron chi connectivity index (χ4n) is 1.45. The van der Waals surface area contributed by atoms with Gasteiger partial charge in [-0.3, -0.25) is 0 Å². The molecule has 0 fully saturated rings.